The molecule has 0 aliphatic carbocycles. The fourth-order valence-corrected chi connectivity index (χ4v) is 1.81. The number of nitrogens with two attached hydrogens (primary N) is 1. The lowest BCUT2D eigenvalue weighted by atomic mass is 10.3. The fraction of sp³-hybridized carbons (Fsp3) is 0.273. The summed E-state index contributed by atoms with van der Waals surface area (Å²) in [5, 5.41) is 0. The molecule has 1 rings (SSSR count). The van der Waals surface area contributed by atoms with E-state index in [9.17, 15) is 8.42 Å². The first-order valence-corrected chi connectivity index (χ1v) is 6.58. The number of hydrogen-bond acceptors (Lipinski definition) is 4. The van der Waals surface area contributed by atoms with Crippen molar-refractivity contribution in [2.24, 2.45) is 0 Å². The second-order valence-electron chi connectivity index (χ2n) is 3.26. The topological polar surface area (TPSA) is 81.4 Å². The molecule has 0 saturated heterocycles. The van der Waals surface area contributed by atoms with Crippen LogP contribution in [0.25, 0.3) is 0 Å². The molecule has 6 heteroatoms. The lowest BCUT2D eigenvalue weighted by Gasteiger charge is -2.07. The Hall–Kier alpha value is -1.71. The zero-order valence-corrected chi connectivity index (χ0v) is 10.0. The van der Waals surface area contributed by atoms with E-state index in [1.165, 1.54) is 0 Å². The van der Waals surface area contributed by atoms with Crippen molar-refractivity contribution >= 4 is 15.7 Å². The predicted molar refractivity (Wildman–Crippen MR) is 67.0 cm³/mol. The fourth-order valence-electron chi connectivity index (χ4n) is 1.06. The first-order valence-electron chi connectivity index (χ1n) is 4.92. The van der Waals surface area contributed by atoms with E-state index in [-0.39, 0.29) is 18.9 Å². The minimum absolute atomic E-state index is 0.00972. The van der Waals surface area contributed by atoms with Crippen LogP contribution in [-0.2, 0) is 10.0 Å². The number of nitrogen functional groups attached to an aromatic ring is 1. The largest absolute Gasteiger partial charge is 0.492 e. The van der Waals surface area contributed by atoms with E-state index in [1.54, 1.807) is 24.3 Å². The third-order valence-electron chi connectivity index (χ3n) is 1.90. The molecule has 0 fully saturated rings. The number of benzene rings is 1. The standard InChI is InChI=1S/C11H14N2O3S/c1-2-7-13-17(14,15)9-8-16-11-5-3-10(12)4-6-11/h1,3-6,13H,7-9,12H2. The Bertz CT molecular complexity index is 488. The van der Waals surface area contributed by atoms with Crippen LogP contribution < -0.4 is 15.2 Å². The predicted octanol–water partition coefficient (Wildman–Crippen LogP) is 0.200. The molecule has 0 saturated carbocycles. The van der Waals surface area contributed by atoms with Gasteiger partial charge in [-0.1, -0.05) is 5.92 Å². The molecule has 0 aromatic heterocycles. The SMILES string of the molecule is C#CCNS(=O)(=O)CCOc1ccc(N)cc1. The summed E-state index contributed by atoms with van der Waals surface area (Å²) >= 11 is 0. The van der Waals surface area contributed by atoms with E-state index in [0.29, 0.717) is 11.4 Å². The van der Waals surface area contributed by atoms with E-state index in [2.05, 4.69) is 10.6 Å². The van der Waals surface area contributed by atoms with E-state index >= 15 is 0 Å². The molecule has 1 aromatic carbocycles. The van der Waals surface area contributed by atoms with Gasteiger partial charge in [0.15, 0.2) is 0 Å². The molecule has 0 atom stereocenters. The molecular weight excluding hydrogens is 240 g/mol. The number of rotatable bonds is 6. The van der Waals surface area contributed by atoms with Gasteiger partial charge in [-0.3, -0.25) is 0 Å². The van der Waals surface area contributed by atoms with Crippen LogP contribution in [0.2, 0.25) is 0 Å². The summed E-state index contributed by atoms with van der Waals surface area (Å²) in [6.07, 6.45) is 4.95. The van der Waals surface area contributed by atoms with Crippen molar-refractivity contribution in [2.45, 2.75) is 0 Å². The molecule has 0 amide bonds. The van der Waals surface area contributed by atoms with Gasteiger partial charge in [-0.15, -0.1) is 6.42 Å². The van der Waals surface area contributed by atoms with Crippen molar-refractivity contribution in [3.63, 3.8) is 0 Å². The van der Waals surface area contributed by atoms with Crippen molar-refractivity contribution in [1.82, 2.24) is 4.72 Å². The zero-order chi connectivity index (χ0) is 12.7. The summed E-state index contributed by atoms with van der Waals surface area (Å²) in [4.78, 5) is 0. The van der Waals surface area contributed by atoms with Crippen molar-refractivity contribution in [1.29, 1.82) is 0 Å². The van der Waals surface area contributed by atoms with E-state index < -0.39 is 10.0 Å². The Morgan fingerprint density at radius 2 is 2.00 bits per heavy atom. The molecule has 1 aromatic rings. The van der Waals surface area contributed by atoms with Crippen molar-refractivity contribution in [3.05, 3.63) is 24.3 Å². The highest BCUT2D eigenvalue weighted by molar-refractivity contribution is 7.89. The molecule has 0 aliphatic heterocycles. The normalized spacial score (nSPS) is 10.8. The molecule has 0 unspecified atom stereocenters. The average Bonchev–Trinajstić information content (AvgIpc) is 2.29. The Morgan fingerprint density at radius 3 is 2.59 bits per heavy atom. The molecule has 17 heavy (non-hydrogen) atoms. The Morgan fingerprint density at radius 1 is 1.35 bits per heavy atom. The number of ether oxygens (including phenoxy) is 1. The summed E-state index contributed by atoms with van der Waals surface area (Å²) in [5.41, 5.74) is 6.12. The molecule has 0 aliphatic rings. The quantitative estimate of drug-likeness (QED) is 0.561. The van der Waals surface area contributed by atoms with Crippen molar-refractivity contribution in [3.8, 4) is 18.1 Å². The Labute approximate surface area is 101 Å². The maximum absolute atomic E-state index is 11.3. The lowest BCUT2D eigenvalue weighted by Crippen LogP contribution is -2.29. The van der Waals surface area contributed by atoms with Gasteiger partial charge in [-0.25, -0.2) is 13.1 Å². The maximum Gasteiger partial charge on any atom is 0.215 e. The number of anilines is 1. The van der Waals surface area contributed by atoms with Crippen LogP contribution in [0, 0.1) is 12.3 Å². The Kier molecular flexibility index (Phi) is 4.82. The average molecular weight is 254 g/mol. The smallest absolute Gasteiger partial charge is 0.215 e. The van der Waals surface area contributed by atoms with E-state index in [1.807, 2.05) is 0 Å². The van der Waals surface area contributed by atoms with Gasteiger partial charge in [-0.2, -0.15) is 0 Å². The molecule has 0 bridgehead atoms. The second-order valence-corrected chi connectivity index (χ2v) is 5.19. The van der Waals surface area contributed by atoms with Crippen LogP contribution in [0.5, 0.6) is 5.75 Å². The monoisotopic (exact) mass is 254 g/mol. The van der Waals surface area contributed by atoms with Crippen LogP contribution in [0.3, 0.4) is 0 Å². The number of sulfonamides is 1. The highest BCUT2D eigenvalue weighted by Crippen LogP contribution is 2.12. The van der Waals surface area contributed by atoms with Gasteiger partial charge in [0.25, 0.3) is 0 Å². The van der Waals surface area contributed by atoms with Crippen LogP contribution >= 0.6 is 0 Å². The first-order chi connectivity index (χ1) is 8.03. The molecule has 92 valence electrons. The second kappa shape index (κ2) is 6.13. The van der Waals surface area contributed by atoms with Crippen LogP contribution in [0.15, 0.2) is 24.3 Å². The molecule has 5 nitrogen and oxygen atoms in total. The molecule has 0 spiro atoms. The summed E-state index contributed by atoms with van der Waals surface area (Å²) in [5.74, 6) is 2.63. The summed E-state index contributed by atoms with van der Waals surface area (Å²) in [6.45, 7) is 0.0496. The number of terminal acetylenes is 1. The van der Waals surface area contributed by atoms with Crippen molar-refractivity contribution in [2.75, 3.05) is 24.6 Å². The Balaban J connectivity index is 2.38. The van der Waals surface area contributed by atoms with Gasteiger partial charge in [0.05, 0.1) is 12.3 Å². The molecule has 0 heterocycles. The zero-order valence-electron chi connectivity index (χ0n) is 9.22. The molecular formula is C11H14N2O3S. The minimum atomic E-state index is -3.36. The van der Waals surface area contributed by atoms with Gasteiger partial charge in [0, 0.05) is 5.69 Å². The summed E-state index contributed by atoms with van der Waals surface area (Å²) in [6, 6.07) is 6.72. The van der Waals surface area contributed by atoms with Crippen LogP contribution in [0.1, 0.15) is 0 Å². The van der Waals surface area contributed by atoms with Gasteiger partial charge in [-0.05, 0) is 24.3 Å². The molecule has 0 radical (unpaired) electrons. The van der Waals surface area contributed by atoms with E-state index in [4.69, 9.17) is 16.9 Å². The first kappa shape index (κ1) is 13.4. The van der Waals surface area contributed by atoms with Gasteiger partial charge in [0.1, 0.15) is 12.4 Å². The number of hydrogen-bond donors (Lipinski definition) is 2. The highest BCUT2D eigenvalue weighted by atomic mass is 32.2. The van der Waals surface area contributed by atoms with E-state index in [0.717, 1.165) is 0 Å². The lowest BCUT2D eigenvalue weighted by molar-refractivity contribution is 0.340. The van der Waals surface area contributed by atoms with Crippen LogP contribution in [-0.4, -0.2) is 27.3 Å². The highest BCUT2D eigenvalue weighted by Gasteiger charge is 2.08. The third kappa shape index (κ3) is 5.24. The van der Waals surface area contributed by atoms with Crippen molar-refractivity contribution < 1.29 is 13.2 Å². The summed E-state index contributed by atoms with van der Waals surface area (Å²) < 4.78 is 30.1. The number of nitrogens with one attached hydrogen (secondary N) is 1. The molecule has 3 N–H and O–H groups in total. The summed E-state index contributed by atoms with van der Waals surface area (Å²) in [7, 11) is -3.36. The third-order valence-corrected chi connectivity index (χ3v) is 3.18. The van der Waals surface area contributed by atoms with Gasteiger partial charge in [0.2, 0.25) is 10.0 Å². The van der Waals surface area contributed by atoms with Crippen LogP contribution in [0.4, 0.5) is 5.69 Å². The van der Waals surface area contributed by atoms with Gasteiger partial charge >= 0.3 is 0 Å². The minimum Gasteiger partial charge on any atom is -0.492 e. The van der Waals surface area contributed by atoms with Gasteiger partial charge < -0.3 is 10.5 Å². The maximum atomic E-state index is 11.3.